The van der Waals surface area contributed by atoms with Crippen molar-refractivity contribution in [3.05, 3.63) is 27.7 Å². The Labute approximate surface area is 152 Å². The van der Waals surface area contributed by atoms with E-state index in [2.05, 4.69) is 25.8 Å². The van der Waals surface area contributed by atoms with Gasteiger partial charge in [0, 0.05) is 30.0 Å². The fraction of sp³-hybridized carbons (Fsp3) is 0.579. The quantitative estimate of drug-likeness (QED) is 0.758. The van der Waals surface area contributed by atoms with E-state index in [0.717, 1.165) is 36.5 Å². The first-order valence-electron chi connectivity index (χ1n) is 9.35. The number of fused-ring (bicyclic) bond motifs is 1. The molecule has 130 valence electrons. The van der Waals surface area contributed by atoms with E-state index in [-0.39, 0.29) is 0 Å². The molecule has 1 saturated carbocycles. The van der Waals surface area contributed by atoms with Crippen molar-refractivity contribution in [1.82, 2.24) is 19.7 Å². The van der Waals surface area contributed by atoms with Gasteiger partial charge in [0.05, 0.1) is 10.6 Å². The zero-order chi connectivity index (χ0) is 17.1. The molecule has 0 radical (unpaired) electrons. The molecule has 1 fully saturated rings. The summed E-state index contributed by atoms with van der Waals surface area (Å²) in [5.74, 6) is 2.34. The Kier molecular flexibility index (Phi) is 4.93. The van der Waals surface area contributed by atoms with E-state index < -0.39 is 0 Å². The Morgan fingerprint density at radius 3 is 2.84 bits per heavy atom. The first-order valence-corrected chi connectivity index (χ1v) is 10.2. The maximum atomic E-state index is 9.67. The highest BCUT2D eigenvalue weighted by Gasteiger charge is 2.20. The molecule has 0 bridgehead atoms. The molecule has 2 aliphatic rings. The first-order chi connectivity index (χ1) is 12.3. The minimum atomic E-state index is 0.597. The van der Waals surface area contributed by atoms with Crippen LogP contribution >= 0.6 is 11.3 Å². The Balaban J connectivity index is 1.60. The summed E-state index contributed by atoms with van der Waals surface area (Å²) in [5.41, 5.74) is 0.597. The Hall–Kier alpha value is -2.00. The van der Waals surface area contributed by atoms with Crippen molar-refractivity contribution in [3.8, 4) is 6.07 Å². The largest absolute Gasteiger partial charge is 0.310 e. The van der Waals surface area contributed by atoms with Crippen LogP contribution in [0.4, 0.5) is 0 Å². The van der Waals surface area contributed by atoms with Gasteiger partial charge in [0.1, 0.15) is 11.9 Å². The molecule has 0 amide bonds. The predicted octanol–water partition coefficient (Wildman–Crippen LogP) is 4.57. The summed E-state index contributed by atoms with van der Waals surface area (Å²) in [4.78, 5) is 5.68. The van der Waals surface area contributed by atoms with Gasteiger partial charge in [0.2, 0.25) is 0 Å². The molecule has 0 spiro atoms. The molecule has 6 heteroatoms. The van der Waals surface area contributed by atoms with E-state index in [1.54, 1.807) is 11.3 Å². The second kappa shape index (κ2) is 7.49. The standard InChI is InChI=1S/C19H23N5S/c20-12-15(18-23-22-17-9-5-2-6-10-24(17)18)11-16-13-21-19(25-16)14-7-3-1-4-8-14/h11,13-14H,1-10H2/b15-11+. The second-order valence-electron chi connectivity index (χ2n) is 7.01. The number of allylic oxidation sites excluding steroid dienone is 1. The maximum absolute atomic E-state index is 9.67. The molecule has 0 saturated heterocycles. The first kappa shape index (κ1) is 16.5. The Bertz CT molecular complexity index is 804. The summed E-state index contributed by atoms with van der Waals surface area (Å²) in [6.07, 6.45) is 14.8. The minimum Gasteiger partial charge on any atom is -0.310 e. The van der Waals surface area contributed by atoms with Gasteiger partial charge in [0.25, 0.3) is 0 Å². The van der Waals surface area contributed by atoms with Crippen LogP contribution in [0.15, 0.2) is 6.20 Å². The van der Waals surface area contributed by atoms with Crippen molar-refractivity contribution in [2.75, 3.05) is 0 Å². The molecule has 4 rings (SSSR count). The van der Waals surface area contributed by atoms with Gasteiger partial charge in [-0.05, 0) is 31.8 Å². The molecule has 5 nitrogen and oxygen atoms in total. The van der Waals surface area contributed by atoms with Gasteiger partial charge in [0.15, 0.2) is 5.82 Å². The molecule has 1 aliphatic carbocycles. The van der Waals surface area contributed by atoms with Crippen LogP contribution in [0.3, 0.4) is 0 Å². The molecule has 0 unspecified atom stereocenters. The van der Waals surface area contributed by atoms with Crippen LogP contribution in [0.1, 0.15) is 78.8 Å². The number of rotatable bonds is 3. The van der Waals surface area contributed by atoms with Crippen molar-refractivity contribution >= 4 is 23.0 Å². The average Bonchev–Trinajstić information content (AvgIpc) is 3.21. The van der Waals surface area contributed by atoms with Gasteiger partial charge < -0.3 is 4.57 Å². The van der Waals surface area contributed by atoms with Gasteiger partial charge in [-0.1, -0.05) is 25.7 Å². The zero-order valence-corrected chi connectivity index (χ0v) is 15.3. The fourth-order valence-electron chi connectivity index (χ4n) is 3.88. The lowest BCUT2D eigenvalue weighted by molar-refractivity contribution is 0.442. The molecule has 0 aromatic carbocycles. The average molecular weight is 353 g/mol. The molecular weight excluding hydrogens is 330 g/mol. The second-order valence-corrected chi connectivity index (χ2v) is 8.10. The summed E-state index contributed by atoms with van der Waals surface area (Å²) in [6.45, 7) is 0.909. The van der Waals surface area contributed by atoms with Crippen LogP contribution in [-0.2, 0) is 13.0 Å². The molecule has 1 aliphatic heterocycles. The summed E-state index contributed by atoms with van der Waals surface area (Å²) in [6, 6.07) is 2.33. The highest BCUT2D eigenvalue weighted by molar-refractivity contribution is 7.12. The van der Waals surface area contributed by atoms with Crippen LogP contribution in [0.25, 0.3) is 11.6 Å². The lowest BCUT2D eigenvalue weighted by atomic mass is 9.90. The van der Waals surface area contributed by atoms with Crippen molar-refractivity contribution in [3.63, 3.8) is 0 Å². The van der Waals surface area contributed by atoms with Crippen LogP contribution in [0.5, 0.6) is 0 Å². The van der Waals surface area contributed by atoms with Crippen LogP contribution in [-0.4, -0.2) is 19.7 Å². The predicted molar refractivity (Wildman–Crippen MR) is 99.0 cm³/mol. The van der Waals surface area contributed by atoms with Crippen LogP contribution in [0.2, 0.25) is 0 Å². The zero-order valence-electron chi connectivity index (χ0n) is 14.4. The van der Waals surface area contributed by atoms with Crippen molar-refractivity contribution in [2.45, 2.75) is 70.3 Å². The lowest BCUT2D eigenvalue weighted by Gasteiger charge is -2.18. The smallest absolute Gasteiger partial charge is 0.174 e. The highest BCUT2D eigenvalue weighted by Crippen LogP contribution is 2.35. The van der Waals surface area contributed by atoms with Crippen molar-refractivity contribution in [2.24, 2.45) is 0 Å². The monoisotopic (exact) mass is 353 g/mol. The van der Waals surface area contributed by atoms with Gasteiger partial charge in [-0.15, -0.1) is 21.5 Å². The number of thiazole rings is 1. The van der Waals surface area contributed by atoms with Crippen LogP contribution in [0, 0.1) is 11.3 Å². The van der Waals surface area contributed by atoms with E-state index >= 15 is 0 Å². The number of hydrogen-bond acceptors (Lipinski definition) is 5. The summed E-state index contributed by atoms with van der Waals surface area (Å²) < 4.78 is 2.13. The Morgan fingerprint density at radius 1 is 1.16 bits per heavy atom. The molecule has 2 aromatic rings. The number of hydrogen-bond donors (Lipinski definition) is 0. The minimum absolute atomic E-state index is 0.597. The molecule has 2 aromatic heterocycles. The van der Waals surface area contributed by atoms with Gasteiger partial charge in [-0.3, -0.25) is 0 Å². The summed E-state index contributed by atoms with van der Waals surface area (Å²) in [5, 5.41) is 19.5. The third-order valence-corrected chi connectivity index (χ3v) is 6.36. The van der Waals surface area contributed by atoms with Crippen LogP contribution < -0.4 is 0 Å². The van der Waals surface area contributed by atoms with Crippen molar-refractivity contribution in [1.29, 1.82) is 5.26 Å². The highest BCUT2D eigenvalue weighted by atomic mass is 32.1. The molecular formula is C19H23N5S. The number of nitriles is 1. The van der Waals surface area contributed by atoms with Gasteiger partial charge in [-0.2, -0.15) is 5.26 Å². The molecule has 3 heterocycles. The maximum Gasteiger partial charge on any atom is 0.174 e. The van der Waals surface area contributed by atoms with Gasteiger partial charge >= 0.3 is 0 Å². The van der Waals surface area contributed by atoms with Gasteiger partial charge in [-0.25, -0.2) is 4.98 Å². The fourth-order valence-corrected chi connectivity index (χ4v) is 4.91. The Morgan fingerprint density at radius 2 is 2.00 bits per heavy atom. The molecule has 0 N–H and O–H groups in total. The molecule has 0 atom stereocenters. The van der Waals surface area contributed by atoms with Crippen molar-refractivity contribution < 1.29 is 0 Å². The van der Waals surface area contributed by atoms with E-state index in [4.69, 9.17) is 0 Å². The summed E-state index contributed by atoms with van der Waals surface area (Å²) >= 11 is 1.73. The number of nitrogens with zero attached hydrogens (tertiary/aromatic N) is 5. The van der Waals surface area contributed by atoms with E-state index in [1.165, 1.54) is 43.5 Å². The summed E-state index contributed by atoms with van der Waals surface area (Å²) in [7, 11) is 0. The normalized spacial score (nSPS) is 19.2. The third-order valence-electron chi connectivity index (χ3n) is 5.25. The third kappa shape index (κ3) is 3.52. The van der Waals surface area contributed by atoms with E-state index in [1.807, 2.05) is 12.3 Å². The lowest BCUT2D eigenvalue weighted by Crippen LogP contribution is -2.05. The number of aryl methyl sites for hydroxylation is 1. The number of aromatic nitrogens is 4. The SMILES string of the molecule is N#C/C(=C\c1cnc(C2CCCCC2)s1)c1nnc2n1CCCCC2. The topological polar surface area (TPSA) is 67.4 Å². The molecule has 25 heavy (non-hydrogen) atoms. The van der Waals surface area contributed by atoms with E-state index in [0.29, 0.717) is 17.3 Å². The van der Waals surface area contributed by atoms with E-state index in [9.17, 15) is 5.26 Å².